The normalized spacial score (nSPS) is 12.5. The molecule has 1 atom stereocenters. The summed E-state index contributed by atoms with van der Waals surface area (Å²) in [7, 11) is 1.35. The number of carboxylic acid groups (broad SMARTS) is 1. The second-order valence-electron chi connectivity index (χ2n) is 5.13. The van der Waals surface area contributed by atoms with Crippen LogP contribution in [0.2, 0.25) is 0 Å². The van der Waals surface area contributed by atoms with Crippen LogP contribution in [0.15, 0.2) is 6.07 Å². The monoisotopic (exact) mass is 267 g/mol. The van der Waals surface area contributed by atoms with E-state index in [1.54, 1.807) is 24.5 Å². The van der Waals surface area contributed by atoms with Crippen LogP contribution < -0.4 is 0 Å². The van der Waals surface area contributed by atoms with E-state index in [1.807, 2.05) is 13.8 Å². The van der Waals surface area contributed by atoms with Crippen molar-refractivity contribution in [3.05, 3.63) is 23.0 Å². The number of methoxy groups -OCH3 is 1. The molecule has 1 aromatic rings. The van der Waals surface area contributed by atoms with Crippen molar-refractivity contribution in [2.45, 2.75) is 40.2 Å². The maximum atomic E-state index is 11.9. The van der Waals surface area contributed by atoms with Crippen LogP contribution in [0.25, 0.3) is 0 Å². The first-order valence-corrected chi connectivity index (χ1v) is 6.29. The second kappa shape index (κ2) is 5.91. The largest absolute Gasteiger partial charge is 0.478 e. The predicted octanol–water partition coefficient (Wildman–Crippen LogP) is 2.56. The average molecular weight is 267 g/mol. The fourth-order valence-electron chi connectivity index (χ4n) is 2.36. The summed E-state index contributed by atoms with van der Waals surface area (Å²) in [6, 6.07) is 1.12. The Balaban J connectivity index is 3.30. The number of carbonyl (C=O) groups excluding carboxylic acids is 1. The summed E-state index contributed by atoms with van der Waals surface area (Å²) in [6.45, 7) is 7.55. The number of aromatic nitrogens is 1. The third kappa shape index (κ3) is 3.16. The van der Waals surface area contributed by atoms with Gasteiger partial charge in [0, 0.05) is 11.4 Å². The summed E-state index contributed by atoms with van der Waals surface area (Å²) in [5.41, 5.74) is 1.57. The van der Waals surface area contributed by atoms with Crippen molar-refractivity contribution in [3.8, 4) is 0 Å². The Morgan fingerprint density at radius 1 is 1.37 bits per heavy atom. The van der Waals surface area contributed by atoms with Gasteiger partial charge in [0.1, 0.15) is 6.04 Å². The molecule has 0 amide bonds. The lowest BCUT2D eigenvalue weighted by atomic mass is 10.0. The highest BCUT2D eigenvalue weighted by atomic mass is 16.5. The minimum atomic E-state index is -0.979. The number of ether oxygens (including phenoxy) is 1. The topological polar surface area (TPSA) is 68.5 Å². The molecule has 0 saturated carbocycles. The lowest BCUT2D eigenvalue weighted by Gasteiger charge is -2.22. The SMILES string of the molecule is COC(=O)C(CC(C)C)n1c(C)cc(C(=O)O)c1C. The van der Waals surface area contributed by atoms with E-state index in [9.17, 15) is 9.59 Å². The summed E-state index contributed by atoms with van der Waals surface area (Å²) in [5.74, 6) is -1.02. The molecule has 0 radical (unpaired) electrons. The number of carboxylic acids is 1. The summed E-state index contributed by atoms with van der Waals surface area (Å²) < 4.78 is 6.60. The molecule has 0 aromatic carbocycles. The number of rotatable bonds is 5. The minimum absolute atomic E-state index is 0.232. The van der Waals surface area contributed by atoms with Gasteiger partial charge >= 0.3 is 11.9 Å². The Bertz CT molecular complexity index is 488. The van der Waals surface area contributed by atoms with Gasteiger partial charge in [-0.05, 0) is 32.3 Å². The third-order valence-electron chi connectivity index (χ3n) is 3.19. The van der Waals surface area contributed by atoms with Gasteiger partial charge in [0.2, 0.25) is 0 Å². The Kier molecular flexibility index (Phi) is 4.75. The third-order valence-corrected chi connectivity index (χ3v) is 3.19. The molecule has 19 heavy (non-hydrogen) atoms. The highest BCUT2D eigenvalue weighted by molar-refractivity contribution is 5.89. The zero-order chi connectivity index (χ0) is 14.7. The molecule has 0 aliphatic rings. The van der Waals surface area contributed by atoms with Gasteiger partial charge in [0.05, 0.1) is 12.7 Å². The van der Waals surface area contributed by atoms with Gasteiger partial charge < -0.3 is 14.4 Å². The van der Waals surface area contributed by atoms with Crippen LogP contribution in [0.3, 0.4) is 0 Å². The van der Waals surface area contributed by atoms with Crippen LogP contribution in [0.1, 0.15) is 48.1 Å². The van der Waals surface area contributed by atoms with Crippen molar-refractivity contribution in [2.75, 3.05) is 7.11 Å². The van der Waals surface area contributed by atoms with Gasteiger partial charge in [-0.1, -0.05) is 13.8 Å². The number of aromatic carboxylic acids is 1. The maximum absolute atomic E-state index is 11.9. The Morgan fingerprint density at radius 2 is 1.95 bits per heavy atom. The fourth-order valence-corrected chi connectivity index (χ4v) is 2.36. The molecule has 106 valence electrons. The first-order valence-electron chi connectivity index (χ1n) is 6.29. The minimum Gasteiger partial charge on any atom is -0.478 e. The van der Waals surface area contributed by atoms with E-state index in [0.29, 0.717) is 18.0 Å². The molecule has 1 unspecified atom stereocenters. The molecule has 5 nitrogen and oxygen atoms in total. The number of hydrogen-bond donors (Lipinski definition) is 1. The van der Waals surface area contributed by atoms with Crippen LogP contribution in [-0.4, -0.2) is 28.7 Å². The van der Waals surface area contributed by atoms with Gasteiger partial charge in [0.15, 0.2) is 0 Å². The highest BCUT2D eigenvalue weighted by Crippen LogP contribution is 2.26. The molecule has 1 N–H and O–H groups in total. The molecular weight excluding hydrogens is 246 g/mol. The number of carbonyl (C=O) groups is 2. The quantitative estimate of drug-likeness (QED) is 0.832. The average Bonchev–Trinajstić information content (AvgIpc) is 2.61. The number of hydrogen-bond acceptors (Lipinski definition) is 3. The zero-order valence-electron chi connectivity index (χ0n) is 12.1. The molecular formula is C14H21NO4. The van der Waals surface area contributed by atoms with E-state index < -0.39 is 12.0 Å². The summed E-state index contributed by atoms with van der Waals surface area (Å²) in [6.07, 6.45) is 0.613. The van der Waals surface area contributed by atoms with Crippen LogP contribution in [-0.2, 0) is 9.53 Å². The Hall–Kier alpha value is -1.78. The summed E-state index contributed by atoms with van der Waals surface area (Å²) in [5, 5.41) is 9.13. The zero-order valence-corrected chi connectivity index (χ0v) is 12.1. The van der Waals surface area contributed by atoms with Crippen LogP contribution >= 0.6 is 0 Å². The highest BCUT2D eigenvalue weighted by Gasteiger charge is 2.27. The molecule has 5 heteroatoms. The van der Waals surface area contributed by atoms with Crippen molar-refractivity contribution in [1.82, 2.24) is 4.57 Å². The number of aryl methyl sites for hydroxylation is 1. The number of nitrogens with zero attached hydrogens (tertiary/aromatic N) is 1. The smallest absolute Gasteiger partial charge is 0.337 e. The second-order valence-corrected chi connectivity index (χ2v) is 5.13. The Morgan fingerprint density at radius 3 is 2.32 bits per heavy atom. The van der Waals surface area contributed by atoms with E-state index in [2.05, 4.69) is 0 Å². The molecule has 1 heterocycles. The predicted molar refractivity (Wildman–Crippen MR) is 71.4 cm³/mol. The van der Waals surface area contributed by atoms with E-state index in [4.69, 9.17) is 9.84 Å². The standard InChI is InChI=1S/C14H21NO4/c1-8(2)6-12(14(18)19-5)15-9(3)7-11(10(15)4)13(16)17/h7-8,12H,6H2,1-5H3,(H,16,17). The lowest BCUT2D eigenvalue weighted by molar-refractivity contribution is -0.145. The van der Waals surface area contributed by atoms with Gasteiger partial charge in [-0.2, -0.15) is 0 Å². The first kappa shape index (κ1) is 15.3. The van der Waals surface area contributed by atoms with Crippen LogP contribution in [0.4, 0.5) is 0 Å². The van der Waals surface area contributed by atoms with E-state index >= 15 is 0 Å². The van der Waals surface area contributed by atoms with Gasteiger partial charge in [0.25, 0.3) is 0 Å². The van der Waals surface area contributed by atoms with Gasteiger partial charge in [-0.15, -0.1) is 0 Å². The molecule has 0 fully saturated rings. The van der Waals surface area contributed by atoms with Crippen molar-refractivity contribution in [2.24, 2.45) is 5.92 Å². The van der Waals surface area contributed by atoms with Crippen molar-refractivity contribution >= 4 is 11.9 Å². The van der Waals surface area contributed by atoms with E-state index in [-0.39, 0.29) is 11.5 Å². The molecule has 0 aliphatic carbocycles. The van der Waals surface area contributed by atoms with Crippen molar-refractivity contribution < 1.29 is 19.4 Å². The lowest BCUT2D eigenvalue weighted by Crippen LogP contribution is -2.24. The van der Waals surface area contributed by atoms with Crippen LogP contribution in [0, 0.1) is 19.8 Å². The molecule has 0 bridgehead atoms. The summed E-state index contributed by atoms with van der Waals surface area (Å²) in [4.78, 5) is 23.1. The van der Waals surface area contributed by atoms with E-state index in [0.717, 1.165) is 5.69 Å². The van der Waals surface area contributed by atoms with Gasteiger partial charge in [-0.3, -0.25) is 0 Å². The number of esters is 1. The maximum Gasteiger partial charge on any atom is 0.337 e. The van der Waals surface area contributed by atoms with Crippen LogP contribution in [0.5, 0.6) is 0 Å². The summed E-state index contributed by atoms with van der Waals surface area (Å²) >= 11 is 0. The van der Waals surface area contributed by atoms with Crippen molar-refractivity contribution in [1.29, 1.82) is 0 Å². The molecule has 1 rings (SSSR count). The molecule has 0 aliphatic heterocycles. The first-order chi connectivity index (χ1) is 8.79. The molecule has 1 aromatic heterocycles. The molecule has 0 spiro atoms. The van der Waals surface area contributed by atoms with Crippen molar-refractivity contribution in [3.63, 3.8) is 0 Å². The fraction of sp³-hybridized carbons (Fsp3) is 0.571. The Labute approximate surface area is 113 Å². The van der Waals surface area contributed by atoms with Gasteiger partial charge in [-0.25, -0.2) is 9.59 Å². The molecule has 0 saturated heterocycles. The van der Waals surface area contributed by atoms with E-state index in [1.165, 1.54) is 7.11 Å².